The van der Waals surface area contributed by atoms with Gasteiger partial charge in [-0.15, -0.1) is 12.6 Å². The maximum absolute atomic E-state index is 4.15. The monoisotopic (exact) mass is 194 g/mol. The third-order valence-corrected chi connectivity index (χ3v) is 2.24. The summed E-state index contributed by atoms with van der Waals surface area (Å²) >= 11 is 7.47. The van der Waals surface area contributed by atoms with Gasteiger partial charge in [-0.3, -0.25) is 0 Å². The Morgan fingerprint density at radius 1 is 1.25 bits per heavy atom. The maximum atomic E-state index is 4.15. The fraction of sp³-hybridized carbons (Fsp3) is 0. The Kier molecular flexibility index (Phi) is 1.97. The standard InChI is InChI=1S/C6H5BrS/c7-5-3-1-2-4-6(5)8/h1-4,8H/i1+1,2+1,3+1,4+1,5+1,6+1. The van der Waals surface area contributed by atoms with E-state index in [2.05, 4.69) is 28.6 Å². The van der Waals surface area contributed by atoms with Crippen LogP contribution in [-0.2, 0) is 0 Å². The second kappa shape index (κ2) is 2.55. The SMILES string of the molecule is S[13c]1[13cH][13cH][13cH][13cH][13c]1Br. The molecule has 0 fully saturated rings. The van der Waals surface area contributed by atoms with E-state index in [4.69, 9.17) is 0 Å². The lowest BCUT2D eigenvalue weighted by atomic mass is 11.4. The Morgan fingerprint density at radius 2 is 1.88 bits per heavy atom. The van der Waals surface area contributed by atoms with Gasteiger partial charge in [0, 0.05) is 9.37 Å². The van der Waals surface area contributed by atoms with Gasteiger partial charge >= 0.3 is 0 Å². The molecule has 0 saturated heterocycles. The highest BCUT2D eigenvalue weighted by Gasteiger charge is 1.87. The number of thiol groups is 1. The fourth-order valence-electron chi connectivity index (χ4n) is 0.452. The number of hydrogen-bond acceptors (Lipinski definition) is 1. The van der Waals surface area contributed by atoms with Crippen LogP contribution in [0.5, 0.6) is 0 Å². The van der Waals surface area contributed by atoms with Gasteiger partial charge in [-0.25, -0.2) is 0 Å². The topological polar surface area (TPSA) is 0 Å². The third-order valence-electron chi connectivity index (χ3n) is 0.852. The third kappa shape index (κ3) is 1.26. The van der Waals surface area contributed by atoms with Crippen LogP contribution >= 0.6 is 28.6 Å². The molecule has 0 aliphatic carbocycles. The molecule has 0 saturated carbocycles. The molecule has 0 bridgehead atoms. The van der Waals surface area contributed by atoms with Crippen LogP contribution in [0.3, 0.4) is 0 Å². The van der Waals surface area contributed by atoms with Crippen molar-refractivity contribution in [2.45, 2.75) is 4.90 Å². The van der Waals surface area contributed by atoms with Crippen LogP contribution in [0.2, 0.25) is 0 Å². The number of rotatable bonds is 0. The molecule has 0 aliphatic heterocycles. The van der Waals surface area contributed by atoms with Gasteiger partial charge in [0.15, 0.2) is 0 Å². The minimum absolute atomic E-state index is 0.979. The summed E-state index contributed by atoms with van der Waals surface area (Å²) in [5, 5.41) is 0. The Balaban J connectivity index is 3.13. The lowest BCUT2D eigenvalue weighted by molar-refractivity contribution is 1.42. The van der Waals surface area contributed by atoms with E-state index in [-0.39, 0.29) is 0 Å². The van der Waals surface area contributed by atoms with Crippen LogP contribution in [-0.4, -0.2) is 0 Å². The first-order valence-electron chi connectivity index (χ1n) is 2.24. The first-order chi connectivity index (χ1) is 3.80. The van der Waals surface area contributed by atoms with Crippen molar-refractivity contribution < 1.29 is 0 Å². The number of halogens is 1. The first kappa shape index (κ1) is 6.17. The zero-order chi connectivity index (χ0) is 5.98. The van der Waals surface area contributed by atoms with Gasteiger partial charge < -0.3 is 0 Å². The average Bonchev–Trinajstić information content (AvgIpc) is 1.77. The highest BCUT2D eigenvalue weighted by atomic mass is 79.9. The predicted molar refractivity (Wildman–Crippen MR) is 41.4 cm³/mol. The van der Waals surface area contributed by atoms with Crippen LogP contribution in [0.15, 0.2) is 33.6 Å². The maximum Gasteiger partial charge on any atom is 0.0308 e. The van der Waals surface area contributed by atoms with Crippen LogP contribution < -0.4 is 0 Å². The van der Waals surface area contributed by atoms with E-state index in [9.17, 15) is 0 Å². The molecule has 1 aromatic carbocycles. The molecular formula is C6H5BrS. The minimum Gasteiger partial charge on any atom is -0.142 e. The van der Waals surface area contributed by atoms with E-state index in [1.807, 2.05) is 24.3 Å². The van der Waals surface area contributed by atoms with E-state index in [0.717, 1.165) is 9.37 Å². The van der Waals surface area contributed by atoms with Crippen LogP contribution in [0.4, 0.5) is 0 Å². The summed E-state index contributed by atoms with van der Waals surface area (Å²) in [7, 11) is 0. The summed E-state index contributed by atoms with van der Waals surface area (Å²) in [4.78, 5) is 0.979. The lowest BCUT2D eigenvalue weighted by Gasteiger charge is -1.90. The first-order valence-corrected chi connectivity index (χ1v) is 3.48. The molecule has 0 aromatic heterocycles. The van der Waals surface area contributed by atoms with Crippen molar-refractivity contribution in [1.29, 1.82) is 0 Å². The molecule has 42 valence electrons. The molecule has 1 rings (SSSR count). The average molecular weight is 195 g/mol. The second-order valence-corrected chi connectivity index (χ2v) is 2.79. The van der Waals surface area contributed by atoms with Crippen molar-refractivity contribution in [1.82, 2.24) is 0 Å². The van der Waals surface area contributed by atoms with E-state index >= 15 is 0 Å². The molecule has 0 spiro atoms. The van der Waals surface area contributed by atoms with Gasteiger partial charge in [0.05, 0.1) is 0 Å². The largest absolute Gasteiger partial charge is 0.142 e. The summed E-state index contributed by atoms with van der Waals surface area (Å²) < 4.78 is 1.04. The number of hydrogen-bond donors (Lipinski definition) is 1. The molecule has 8 heavy (non-hydrogen) atoms. The number of benzene rings is 1. The summed E-state index contributed by atoms with van der Waals surface area (Å²) in [6.45, 7) is 0. The second-order valence-electron chi connectivity index (χ2n) is 1.45. The van der Waals surface area contributed by atoms with Crippen LogP contribution in [0.25, 0.3) is 0 Å². The molecule has 0 unspecified atom stereocenters. The lowest BCUT2D eigenvalue weighted by Crippen LogP contribution is -1.64. The van der Waals surface area contributed by atoms with Gasteiger partial charge in [-0.05, 0) is 28.1 Å². The van der Waals surface area contributed by atoms with E-state index in [1.165, 1.54) is 0 Å². The normalized spacial score (nSPS) is 9.25. The Labute approximate surface area is 62.5 Å². The Bertz CT molecular complexity index is 165. The van der Waals surface area contributed by atoms with Gasteiger partial charge in [-0.1, -0.05) is 12.1 Å². The molecule has 0 amide bonds. The highest BCUT2D eigenvalue weighted by Crippen LogP contribution is 2.18. The quantitative estimate of drug-likeness (QED) is 0.604. The summed E-state index contributed by atoms with van der Waals surface area (Å²) in [5.41, 5.74) is 0. The van der Waals surface area contributed by atoms with Crippen molar-refractivity contribution in [3.8, 4) is 0 Å². The minimum atomic E-state index is 0.979. The molecule has 2 heteroatoms. The molecule has 0 atom stereocenters. The molecule has 0 radical (unpaired) electrons. The van der Waals surface area contributed by atoms with Gasteiger partial charge in [-0.2, -0.15) is 0 Å². The van der Waals surface area contributed by atoms with Crippen LogP contribution in [0.1, 0.15) is 0 Å². The molecule has 0 N–H and O–H groups in total. The Hall–Kier alpha value is 0.0500. The van der Waals surface area contributed by atoms with Crippen molar-refractivity contribution in [2.24, 2.45) is 0 Å². The molecule has 0 heterocycles. The smallest absolute Gasteiger partial charge is 0.0308 e. The predicted octanol–water partition coefficient (Wildman–Crippen LogP) is 2.74. The summed E-state index contributed by atoms with van der Waals surface area (Å²) in [6.07, 6.45) is 0. The zero-order valence-corrected chi connectivity index (χ0v) is 6.62. The van der Waals surface area contributed by atoms with E-state index in [1.54, 1.807) is 0 Å². The van der Waals surface area contributed by atoms with Gasteiger partial charge in [0.25, 0.3) is 0 Å². The zero-order valence-electron chi connectivity index (χ0n) is 4.13. The molecular weight excluding hydrogens is 190 g/mol. The molecule has 0 aliphatic rings. The van der Waals surface area contributed by atoms with Crippen molar-refractivity contribution in [3.05, 3.63) is 28.7 Å². The Morgan fingerprint density at radius 3 is 2.25 bits per heavy atom. The highest BCUT2D eigenvalue weighted by molar-refractivity contribution is 9.10. The van der Waals surface area contributed by atoms with Gasteiger partial charge in [0.2, 0.25) is 0 Å². The molecule has 0 nitrogen and oxygen atoms in total. The fourth-order valence-corrected chi connectivity index (χ4v) is 0.897. The van der Waals surface area contributed by atoms with Crippen molar-refractivity contribution >= 4 is 28.6 Å². The van der Waals surface area contributed by atoms with Crippen LogP contribution in [0, 0.1) is 0 Å². The van der Waals surface area contributed by atoms with Crippen molar-refractivity contribution in [3.63, 3.8) is 0 Å². The summed E-state index contributed by atoms with van der Waals surface area (Å²) in [5.74, 6) is 0. The van der Waals surface area contributed by atoms with E-state index in [0.29, 0.717) is 0 Å². The van der Waals surface area contributed by atoms with Crippen molar-refractivity contribution in [2.75, 3.05) is 0 Å². The summed E-state index contributed by atoms with van der Waals surface area (Å²) in [6, 6.07) is 7.81. The van der Waals surface area contributed by atoms with Gasteiger partial charge in [0.1, 0.15) is 0 Å². The molecule has 1 aromatic rings. The van der Waals surface area contributed by atoms with E-state index < -0.39 is 0 Å².